The van der Waals surface area contributed by atoms with Crippen molar-refractivity contribution in [2.24, 2.45) is 0 Å². The van der Waals surface area contributed by atoms with Crippen molar-refractivity contribution < 1.29 is 4.79 Å². The molecule has 0 radical (unpaired) electrons. The van der Waals surface area contributed by atoms with Gasteiger partial charge in [0.15, 0.2) is 5.78 Å². The molecule has 0 spiro atoms. The van der Waals surface area contributed by atoms with Crippen molar-refractivity contribution in [3.8, 4) is 10.6 Å². The van der Waals surface area contributed by atoms with Crippen LogP contribution in [0.25, 0.3) is 10.6 Å². The van der Waals surface area contributed by atoms with Gasteiger partial charge in [-0.25, -0.2) is 15.0 Å². The highest BCUT2D eigenvalue weighted by atomic mass is 32.1. The first-order chi connectivity index (χ1) is 11.9. The Kier molecular flexibility index (Phi) is 4.90. The normalized spacial score (nSPS) is 10.9. The summed E-state index contributed by atoms with van der Waals surface area (Å²) < 4.78 is 0. The summed E-state index contributed by atoms with van der Waals surface area (Å²) in [6.45, 7) is 7.83. The lowest BCUT2D eigenvalue weighted by Crippen LogP contribution is -1.99. The fourth-order valence-electron chi connectivity index (χ4n) is 2.39. The number of nitrogens with one attached hydrogen (secondary N) is 1. The number of carbonyl (C=O) groups excluding carboxylic acids is 1. The van der Waals surface area contributed by atoms with Crippen LogP contribution in [0.15, 0.2) is 36.5 Å². The number of carbonyl (C=O) groups is 1. The molecule has 0 fully saturated rings. The second-order valence-electron chi connectivity index (χ2n) is 6.15. The van der Waals surface area contributed by atoms with Crippen LogP contribution in [-0.4, -0.2) is 20.7 Å². The number of ketones is 1. The average molecular weight is 352 g/mol. The minimum Gasteiger partial charge on any atom is -0.324 e. The molecule has 0 bridgehead atoms. The van der Waals surface area contributed by atoms with E-state index < -0.39 is 0 Å². The Balaban J connectivity index is 1.89. The van der Waals surface area contributed by atoms with Crippen molar-refractivity contribution in [1.82, 2.24) is 15.0 Å². The lowest BCUT2D eigenvalue weighted by atomic mass is 10.1. The number of hydrogen-bond donors (Lipinski definition) is 1. The lowest BCUT2D eigenvalue weighted by molar-refractivity contribution is 0.101. The van der Waals surface area contributed by atoms with E-state index in [1.54, 1.807) is 36.6 Å². The van der Waals surface area contributed by atoms with E-state index in [1.165, 1.54) is 0 Å². The van der Waals surface area contributed by atoms with Crippen molar-refractivity contribution in [2.45, 2.75) is 33.6 Å². The van der Waals surface area contributed by atoms with Gasteiger partial charge in [-0.15, -0.1) is 11.3 Å². The van der Waals surface area contributed by atoms with E-state index in [0.717, 1.165) is 27.0 Å². The van der Waals surface area contributed by atoms with Gasteiger partial charge in [0.25, 0.3) is 0 Å². The van der Waals surface area contributed by atoms with Gasteiger partial charge in [0, 0.05) is 23.4 Å². The number of thiazole rings is 1. The first kappa shape index (κ1) is 17.2. The molecule has 6 heteroatoms. The molecule has 0 aliphatic rings. The Labute approximate surface area is 151 Å². The average Bonchev–Trinajstić information content (AvgIpc) is 2.97. The summed E-state index contributed by atoms with van der Waals surface area (Å²) in [6, 6.07) is 9.20. The number of Topliss-reactive ketones (excluding diaryl/α,β-unsaturated/α-hetero) is 1. The smallest absolute Gasteiger partial charge is 0.227 e. The fraction of sp³-hybridized carbons (Fsp3) is 0.263. The predicted molar refractivity (Wildman–Crippen MR) is 102 cm³/mol. The molecule has 0 atom stereocenters. The van der Waals surface area contributed by atoms with Crippen LogP contribution in [0.3, 0.4) is 0 Å². The Morgan fingerprint density at radius 1 is 1.20 bits per heavy atom. The molecule has 0 amide bonds. The van der Waals surface area contributed by atoms with E-state index in [-0.39, 0.29) is 5.78 Å². The summed E-state index contributed by atoms with van der Waals surface area (Å²) in [5, 5.41) is 4.27. The number of rotatable bonds is 5. The highest BCUT2D eigenvalue weighted by molar-refractivity contribution is 7.15. The molecule has 0 saturated heterocycles. The van der Waals surface area contributed by atoms with Gasteiger partial charge < -0.3 is 5.32 Å². The number of hydrogen-bond acceptors (Lipinski definition) is 6. The summed E-state index contributed by atoms with van der Waals surface area (Å²) in [7, 11) is 0. The molecule has 1 N–H and O–H groups in total. The number of aromatic nitrogens is 3. The van der Waals surface area contributed by atoms with E-state index in [4.69, 9.17) is 0 Å². The van der Waals surface area contributed by atoms with Gasteiger partial charge in [0.2, 0.25) is 5.95 Å². The maximum Gasteiger partial charge on any atom is 0.227 e. The van der Waals surface area contributed by atoms with Crippen molar-refractivity contribution in [2.75, 3.05) is 5.32 Å². The lowest BCUT2D eigenvalue weighted by Gasteiger charge is -2.07. The maximum atomic E-state index is 11.5. The third-order valence-corrected chi connectivity index (χ3v) is 5.20. The van der Waals surface area contributed by atoms with Crippen LogP contribution in [-0.2, 0) is 0 Å². The highest BCUT2D eigenvalue weighted by Gasteiger charge is 2.14. The zero-order valence-electron chi connectivity index (χ0n) is 14.7. The summed E-state index contributed by atoms with van der Waals surface area (Å²) in [6.07, 6.45) is 1.73. The van der Waals surface area contributed by atoms with Crippen LogP contribution >= 0.6 is 11.3 Å². The van der Waals surface area contributed by atoms with E-state index in [9.17, 15) is 4.79 Å². The molecule has 3 rings (SSSR count). The summed E-state index contributed by atoms with van der Waals surface area (Å²) in [5.41, 5.74) is 3.27. The molecule has 2 aromatic heterocycles. The topological polar surface area (TPSA) is 67.8 Å². The SMILES string of the molecule is CC(=O)c1cccc(Nc2nccc(-c3sc(C(C)C)nc3C)n2)c1. The zero-order chi connectivity index (χ0) is 18.0. The molecule has 2 heterocycles. The Bertz CT molecular complexity index is 917. The third kappa shape index (κ3) is 3.91. The van der Waals surface area contributed by atoms with Crippen molar-refractivity contribution in [3.05, 3.63) is 52.8 Å². The van der Waals surface area contributed by atoms with Crippen LogP contribution in [0, 0.1) is 6.92 Å². The predicted octanol–water partition coefficient (Wildman–Crippen LogP) is 4.98. The van der Waals surface area contributed by atoms with E-state index in [2.05, 4.69) is 34.1 Å². The summed E-state index contributed by atoms with van der Waals surface area (Å²) in [5.74, 6) is 0.920. The fourth-order valence-corrected chi connectivity index (χ4v) is 3.43. The zero-order valence-corrected chi connectivity index (χ0v) is 15.5. The van der Waals surface area contributed by atoms with E-state index in [0.29, 0.717) is 17.4 Å². The molecular formula is C19H20N4OS. The first-order valence-corrected chi connectivity index (χ1v) is 8.94. The second kappa shape index (κ2) is 7.11. The van der Waals surface area contributed by atoms with Gasteiger partial charge in [0.1, 0.15) is 0 Å². The largest absolute Gasteiger partial charge is 0.324 e. The molecule has 25 heavy (non-hydrogen) atoms. The molecule has 0 aliphatic heterocycles. The minimum atomic E-state index is 0.0276. The van der Waals surface area contributed by atoms with Crippen molar-refractivity contribution in [1.29, 1.82) is 0 Å². The number of aryl methyl sites for hydroxylation is 1. The molecular weight excluding hydrogens is 332 g/mol. The van der Waals surface area contributed by atoms with Crippen molar-refractivity contribution in [3.63, 3.8) is 0 Å². The van der Waals surface area contributed by atoms with Gasteiger partial charge in [-0.3, -0.25) is 4.79 Å². The monoisotopic (exact) mass is 352 g/mol. The van der Waals surface area contributed by atoms with E-state index in [1.807, 2.05) is 25.1 Å². The molecule has 0 unspecified atom stereocenters. The van der Waals surface area contributed by atoms with Crippen molar-refractivity contribution >= 4 is 28.8 Å². The van der Waals surface area contributed by atoms with Gasteiger partial charge in [-0.2, -0.15) is 0 Å². The Hall–Kier alpha value is -2.60. The highest BCUT2D eigenvalue weighted by Crippen LogP contribution is 2.32. The molecule has 0 aliphatic carbocycles. The minimum absolute atomic E-state index is 0.0276. The number of benzene rings is 1. The Morgan fingerprint density at radius 3 is 2.68 bits per heavy atom. The maximum absolute atomic E-state index is 11.5. The molecule has 128 valence electrons. The van der Waals surface area contributed by atoms with Crippen LogP contribution in [0.5, 0.6) is 0 Å². The van der Waals surface area contributed by atoms with Gasteiger partial charge >= 0.3 is 0 Å². The number of anilines is 2. The summed E-state index contributed by atoms with van der Waals surface area (Å²) >= 11 is 1.67. The van der Waals surface area contributed by atoms with Gasteiger partial charge in [-0.1, -0.05) is 26.0 Å². The molecule has 1 aromatic carbocycles. The van der Waals surface area contributed by atoms with E-state index >= 15 is 0 Å². The van der Waals surface area contributed by atoms with Gasteiger partial charge in [0.05, 0.1) is 21.3 Å². The molecule has 3 aromatic rings. The van der Waals surface area contributed by atoms with Crippen LogP contribution in [0.1, 0.15) is 47.7 Å². The standard InChI is InChI=1S/C19H20N4OS/c1-11(2)18-21-12(3)17(25-18)16-8-9-20-19(23-16)22-15-7-5-6-14(10-15)13(4)24/h5-11H,1-4H3,(H,20,22,23). The first-order valence-electron chi connectivity index (χ1n) is 8.13. The molecule has 5 nitrogen and oxygen atoms in total. The quantitative estimate of drug-likeness (QED) is 0.656. The second-order valence-corrected chi connectivity index (χ2v) is 7.18. The van der Waals surface area contributed by atoms with Crippen LogP contribution in [0.2, 0.25) is 0 Å². The molecule has 0 saturated carbocycles. The van der Waals surface area contributed by atoms with Crippen LogP contribution < -0.4 is 5.32 Å². The summed E-state index contributed by atoms with van der Waals surface area (Å²) in [4.78, 5) is 26.1. The number of nitrogens with zero attached hydrogens (tertiary/aromatic N) is 3. The third-order valence-electron chi connectivity index (χ3n) is 3.72. The van der Waals surface area contributed by atoms with Crippen LogP contribution in [0.4, 0.5) is 11.6 Å². The van der Waals surface area contributed by atoms with Gasteiger partial charge in [-0.05, 0) is 32.0 Å². The Morgan fingerprint density at radius 2 is 2.00 bits per heavy atom.